The van der Waals surface area contributed by atoms with Crippen molar-refractivity contribution in [3.63, 3.8) is 0 Å². The smallest absolute Gasteiger partial charge is 0.545 e. The Balaban J connectivity index is 0.00000506. The number of allylic oxidation sites excluding steroid dienone is 1. The number of Topliss-reactive ketones (excluding diaryl/α,β-unsaturated/α-hetero) is 1. The van der Waals surface area contributed by atoms with E-state index >= 15 is 0 Å². The molecule has 1 aromatic heterocycles. The Labute approximate surface area is 278 Å². The molecule has 0 unspecified atom stereocenters. The first-order valence-electron chi connectivity index (χ1n) is 13.9. The quantitative estimate of drug-likeness (QED) is 0.137. The van der Waals surface area contributed by atoms with Crippen molar-refractivity contribution >= 4 is 40.1 Å². The molecule has 43 heavy (non-hydrogen) atoms. The van der Waals surface area contributed by atoms with Gasteiger partial charge < -0.3 is 24.1 Å². The van der Waals surface area contributed by atoms with Gasteiger partial charge in [0.15, 0.2) is 17.3 Å². The maximum Gasteiger partial charge on any atom is 1.00 e. The number of ketones is 1. The SMILES string of the molecule is Cc1ccc(C(=O)/C(Cc2cc(OC(C)C)c(OC(C)C)c(OC(C)C)c2)=C(/C(=O)[O-])c2ccc3nsnc3c2)cc1.[Na+]. The van der Waals surface area contributed by atoms with E-state index in [0.29, 0.717) is 45.0 Å². The predicted octanol–water partition coefficient (Wildman–Crippen LogP) is 2.99. The third kappa shape index (κ3) is 8.66. The maximum atomic E-state index is 14.1. The number of ether oxygens (including phenoxy) is 3. The van der Waals surface area contributed by atoms with Crippen LogP contribution in [-0.4, -0.2) is 38.8 Å². The molecule has 4 aromatic rings. The van der Waals surface area contributed by atoms with Gasteiger partial charge in [-0.2, -0.15) is 8.75 Å². The minimum atomic E-state index is -1.47. The van der Waals surface area contributed by atoms with Crippen LogP contribution in [0.3, 0.4) is 0 Å². The molecule has 4 rings (SSSR count). The van der Waals surface area contributed by atoms with Gasteiger partial charge in [-0.25, -0.2) is 0 Å². The molecule has 0 aliphatic carbocycles. The summed E-state index contributed by atoms with van der Waals surface area (Å²) >= 11 is 1.03. The van der Waals surface area contributed by atoms with Crippen LogP contribution < -0.4 is 48.9 Å². The third-order valence-electron chi connectivity index (χ3n) is 6.18. The zero-order chi connectivity index (χ0) is 30.6. The summed E-state index contributed by atoms with van der Waals surface area (Å²) in [6.45, 7) is 13.3. The van der Waals surface area contributed by atoms with Crippen molar-refractivity contribution in [1.82, 2.24) is 8.75 Å². The van der Waals surface area contributed by atoms with E-state index in [-0.39, 0.29) is 65.4 Å². The number of hydrogen-bond acceptors (Lipinski definition) is 9. The van der Waals surface area contributed by atoms with Crippen LogP contribution in [0.2, 0.25) is 0 Å². The van der Waals surface area contributed by atoms with Crippen molar-refractivity contribution in [2.24, 2.45) is 0 Å². The molecule has 0 aliphatic rings. The van der Waals surface area contributed by atoms with E-state index in [1.807, 2.05) is 60.6 Å². The summed E-state index contributed by atoms with van der Waals surface area (Å²) in [6, 6.07) is 15.5. The van der Waals surface area contributed by atoms with Gasteiger partial charge in [-0.15, -0.1) is 0 Å². The number of nitrogens with zero attached hydrogens (tertiary/aromatic N) is 2. The van der Waals surface area contributed by atoms with E-state index in [9.17, 15) is 14.7 Å². The van der Waals surface area contributed by atoms with E-state index in [0.717, 1.165) is 17.3 Å². The van der Waals surface area contributed by atoms with E-state index in [1.54, 1.807) is 42.5 Å². The van der Waals surface area contributed by atoms with Crippen molar-refractivity contribution in [2.45, 2.75) is 73.2 Å². The maximum absolute atomic E-state index is 14.1. The molecule has 0 fully saturated rings. The Kier molecular flexibility index (Phi) is 11.9. The van der Waals surface area contributed by atoms with Crippen LogP contribution in [-0.2, 0) is 11.2 Å². The average molecular weight is 611 g/mol. The molecular weight excluding hydrogens is 575 g/mol. The van der Waals surface area contributed by atoms with E-state index in [1.165, 1.54) is 0 Å². The molecule has 3 aromatic carbocycles. The van der Waals surface area contributed by atoms with Gasteiger partial charge in [-0.3, -0.25) is 4.79 Å². The fourth-order valence-corrected chi connectivity index (χ4v) is 5.00. The number of aliphatic carboxylic acids is 1. The predicted molar refractivity (Wildman–Crippen MR) is 162 cm³/mol. The molecule has 0 radical (unpaired) electrons. The van der Waals surface area contributed by atoms with Crippen LogP contribution in [0.5, 0.6) is 17.2 Å². The van der Waals surface area contributed by atoms with Gasteiger partial charge in [0.25, 0.3) is 0 Å². The summed E-state index contributed by atoms with van der Waals surface area (Å²) in [7, 11) is 0. The van der Waals surface area contributed by atoms with Gasteiger partial charge in [0.1, 0.15) is 11.0 Å². The Morgan fingerprint density at radius 3 is 1.84 bits per heavy atom. The van der Waals surface area contributed by atoms with Crippen molar-refractivity contribution in [3.8, 4) is 17.2 Å². The number of carbonyl (C=O) groups excluding carboxylic acids is 2. The molecule has 0 aliphatic heterocycles. The van der Waals surface area contributed by atoms with Crippen LogP contribution >= 0.6 is 11.7 Å². The number of carboxylic acid groups (broad SMARTS) is 1. The van der Waals surface area contributed by atoms with Gasteiger partial charge in [-0.05, 0) is 83.9 Å². The number of carboxylic acids is 1. The molecule has 0 atom stereocenters. The van der Waals surface area contributed by atoms with Crippen molar-refractivity contribution in [2.75, 3.05) is 0 Å². The molecule has 0 saturated heterocycles. The minimum absolute atomic E-state index is 0. The van der Waals surface area contributed by atoms with Crippen LogP contribution in [0.15, 0.2) is 60.2 Å². The van der Waals surface area contributed by atoms with Crippen LogP contribution in [0.4, 0.5) is 0 Å². The summed E-state index contributed by atoms with van der Waals surface area (Å²) in [5.41, 5.74) is 3.29. The molecule has 0 bridgehead atoms. The number of fused-ring (bicyclic) bond motifs is 1. The van der Waals surface area contributed by atoms with Gasteiger partial charge in [0.05, 0.1) is 36.0 Å². The van der Waals surface area contributed by atoms with Crippen LogP contribution in [0, 0.1) is 6.92 Å². The molecule has 0 N–H and O–H groups in total. The van der Waals surface area contributed by atoms with Crippen molar-refractivity contribution in [3.05, 3.63) is 82.4 Å². The fraction of sp³-hybridized carbons (Fsp3) is 0.333. The van der Waals surface area contributed by atoms with E-state index in [2.05, 4.69) is 8.75 Å². The van der Waals surface area contributed by atoms with E-state index in [4.69, 9.17) is 14.2 Å². The summed E-state index contributed by atoms with van der Waals surface area (Å²) in [5, 5.41) is 12.8. The third-order valence-corrected chi connectivity index (χ3v) is 6.73. The first-order valence-corrected chi connectivity index (χ1v) is 14.6. The fourth-order valence-electron chi connectivity index (χ4n) is 4.49. The normalized spacial score (nSPS) is 11.9. The topological polar surface area (TPSA) is 111 Å². The summed E-state index contributed by atoms with van der Waals surface area (Å²) < 4.78 is 26.8. The largest absolute Gasteiger partial charge is 1.00 e. The number of hydrogen-bond donors (Lipinski definition) is 0. The minimum Gasteiger partial charge on any atom is -0.545 e. The van der Waals surface area contributed by atoms with Crippen molar-refractivity contribution < 1.29 is 58.5 Å². The van der Waals surface area contributed by atoms with Crippen LogP contribution in [0.25, 0.3) is 16.6 Å². The molecule has 0 saturated carbocycles. The average Bonchev–Trinajstić information content (AvgIpc) is 3.37. The van der Waals surface area contributed by atoms with Gasteiger partial charge in [-0.1, -0.05) is 35.9 Å². The Morgan fingerprint density at radius 1 is 0.767 bits per heavy atom. The molecular formula is C33H35N2NaO6S. The molecule has 0 spiro atoms. The number of aromatic nitrogens is 2. The second-order valence-electron chi connectivity index (χ2n) is 10.9. The molecule has 1 heterocycles. The number of benzene rings is 3. The first-order chi connectivity index (χ1) is 19.9. The molecule has 0 amide bonds. The summed E-state index contributed by atoms with van der Waals surface area (Å²) in [5.74, 6) is -0.554. The standard InChI is InChI=1S/C33H36N2O6S.Na/c1-18(2)39-28-15-22(16-29(40-19(3)4)32(28)41-20(5)6)14-25(31(36)23-10-8-21(7)9-11-23)30(33(37)38)24-12-13-26-27(17-24)35-42-34-26;/h8-13,15-20H,14H2,1-7H3,(H,37,38);/q;+1/p-1/b30-25+;. The molecule has 220 valence electrons. The first kappa shape index (κ1) is 34.3. The van der Waals surface area contributed by atoms with Crippen LogP contribution in [0.1, 0.15) is 68.6 Å². The van der Waals surface area contributed by atoms with Crippen molar-refractivity contribution in [1.29, 1.82) is 0 Å². The Morgan fingerprint density at radius 2 is 1.30 bits per heavy atom. The number of rotatable bonds is 12. The Bertz CT molecular complexity index is 1600. The molecule has 10 heteroatoms. The van der Waals surface area contributed by atoms with Gasteiger partial charge in [0.2, 0.25) is 5.75 Å². The van der Waals surface area contributed by atoms with Gasteiger partial charge >= 0.3 is 29.6 Å². The second kappa shape index (κ2) is 15.0. The molecule has 8 nitrogen and oxygen atoms in total. The number of aryl methyl sites for hydroxylation is 1. The second-order valence-corrected chi connectivity index (χ2v) is 11.4. The Hall–Kier alpha value is -3.24. The number of carbonyl (C=O) groups is 2. The van der Waals surface area contributed by atoms with Gasteiger partial charge in [0, 0.05) is 23.1 Å². The monoisotopic (exact) mass is 610 g/mol. The zero-order valence-electron chi connectivity index (χ0n) is 25.9. The van der Waals surface area contributed by atoms with E-state index < -0.39 is 11.8 Å². The zero-order valence-corrected chi connectivity index (χ0v) is 28.7. The summed E-state index contributed by atoms with van der Waals surface area (Å²) in [6.07, 6.45) is -0.543. The summed E-state index contributed by atoms with van der Waals surface area (Å²) in [4.78, 5) is 26.8.